The van der Waals surface area contributed by atoms with Crippen LogP contribution in [0.4, 0.5) is 0 Å². The molecule has 1 aliphatic heterocycles. The summed E-state index contributed by atoms with van der Waals surface area (Å²) in [4.78, 5) is 37.1. The number of carbonyl (C=O) groups is 3. The van der Waals surface area contributed by atoms with Crippen LogP contribution in [0.1, 0.15) is 41.2 Å². The minimum Gasteiger partial charge on any atom is -0.490 e. The Morgan fingerprint density at radius 2 is 1.86 bits per heavy atom. The van der Waals surface area contributed by atoms with E-state index in [0.717, 1.165) is 0 Å². The van der Waals surface area contributed by atoms with Gasteiger partial charge >= 0.3 is 11.9 Å². The average molecular weight is 390 g/mol. The Morgan fingerprint density at radius 3 is 2.61 bits per heavy atom. The molecule has 1 atom stereocenters. The van der Waals surface area contributed by atoms with Gasteiger partial charge in [0, 0.05) is 6.07 Å². The molecule has 2 heterocycles. The summed E-state index contributed by atoms with van der Waals surface area (Å²) >= 11 is 0. The van der Waals surface area contributed by atoms with Crippen LogP contribution in [-0.4, -0.2) is 53.9 Å². The maximum atomic E-state index is 12.9. The number of carbonyl (C=O) groups excluding carboxylic acids is 3. The second-order valence-corrected chi connectivity index (χ2v) is 6.10. The lowest BCUT2D eigenvalue weighted by Gasteiger charge is -2.28. The quantitative estimate of drug-likeness (QED) is 0.647. The predicted molar refractivity (Wildman–Crippen MR) is 95.3 cm³/mol. The molecule has 0 bridgehead atoms. The number of ether oxygens (including phenoxy) is 4. The molecule has 9 heteroatoms. The lowest BCUT2D eigenvalue weighted by atomic mass is 9.92. The molecule has 9 nitrogen and oxygen atoms in total. The van der Waals surface area contributed by atoms with E-state index in [1.807, 2.05) is 6.08 Å². The molecule has 0 aromatic carbocycles. The highest BCUT2D eigenvalue weighted by atomic mass is 16.6. The van der Waals surface area contributed by atoms with Crippen LogP contribution in [0.15, 0.2) is 29.7 Å². The molecule has 0 spiro atoms. The average Bonchev–Trinajstić information content (AvgIpc) is 3.12. The number of ketones is 1. The van der Waals surface area contributed by atoms with Crippen LogP contribution in [0, 0.1) is 5.92 Å². The van der Waals surface area contributed by atoms with Gasteiger partial charge in [0.15, 0.2) is 17.2 Å². The Balaban J connectivity index is 1.84. The summed E-state index contributed by atoms with van der Waals surface area (Å²) in [6, 6.07) is 1.27. The zero-order valence-electron chi connectivity index (χ0n) is 15.8. The van der Waals surface area contributed by atoms with E-state index in [1.165, 1.54) is 10.7 Å². The minimum absolute atomic E-state index is 0.0135. The molecule has 1 unspecified atom stereocenters. The smallest absolute Gasteiger partial charge is 0.358 e. The van der Waals surface area contributed by atoms with Crippen LogP contribution in [0.3, 0.4) is 0 Å². The van der Waals surface area contributed by atoms with Crippen molar-refractivity contribution in [3.8, 4) is 0 Å². The summed E-state index contributed by atoms with van der Waals surface area (Å²) < 4.78 is 22.3. The molecule has 0 N–H and O–H groups in total. The highest BCUT2D eigenvalue weighted by Gasteiger charge is 2.32. The second kappa shape index (κ2) is 8.73. The Bertz CT molecular complexity index is 837. The zero-order chi connectivity index (χ0) is 20.1. The number of allylic oxidation sites excluding steroid dienone is 3. The number of esters is 2. The summed E-state index contributed by atoms with van der Waals surface area (Å²) in [6.07, 6.45) is 4.09. The van der Waals surface area contributed by atoms with Gasteiger partial charge in [-0.25, -0.2) is 14.3 Å². The van der Waals surface area contributed by atoms with Gasteiger partial charge in [-0.3, -0.25) is 4.79 Å². The fourth-order valence-electron chi connectivity index (χ4n) is 3.01. The fourth-order valence-corrected chi connectivity index (χ4v) is 3.01. The first-order valence-electron chi connectivity index (χ1n) is 9.16. The molecule has 0 fully saturated rings. The van der Waals surface area contributed by atoms with Crippen molar-refractivity contribution in [1.82, 2.24) is 9.78 Å². The third-order valence-corrected chi connectivity index (χ3v) is 4.24. The Kier molecular flexibility index (Phi) is 6.13. The summed E-state index contributed by atoms with van der Waals surface area (Å²) in [5.41, 5.74) is -0.0435. The lowest BCUT2D eigenvalue weighted by molar-refractivity contribution is -0.124. The SMILES string of the molecule is CCOC(=O)c1cc(C(=O)OCC)n(CC(=O)C2CC=CC3=C2OCCO3)n1. The van der Waals surface area contributed by atoms with Gasteiger partial charge in [-0.15, -0.1) is 0 Å². The van der Waals surface area contributed by atoms with Gasteiger partial charge in [-0.05, 0) is 26.3 Å². The van der Waals surface area contributed by atoms with E-state index in [2.05, 4.69) is 5.10 Å². The van der Waals surface area contributed by atoms with Crippen LogP contribution in [0.2, 0.25) is 0 Å². The van der Waals surface area contributed by atoms with Crippen molar-refractivity contribution in [3.05, 3.63) is 41.1 Å². The molecule has 1 aromatic heterocycles. The van der Waals surface area contributed by atoms with Crippen molar-refractivity contribution in [2.45, 2.75) is 26.8 Å². The molecule has 1 aromatic rings. The van der Waals surface area contributed by atoms with Crippen LogP contribution in [0.5, 0.6) is 0 Å². The van der Waals surface area contributed by atoms with E-state index in [9.17, 15) is 14.4 Å². The van der Waals surface area contributed by atoms with Crippen LogP contribution < -0.4 is 0 Å². The van der Waals surface area contributed by atoms with E-state index in [-0.39, 0.29) is 36.9 Å². The molecule has 0 amide bonds. The van der Waals surface area contributed by atoms with Crippen molar-refractivity contribution in [2.75, 3.05) is 26.4 Å². The van der Waals surface area contributed by atoms with Gasteiger partial charge in [-0.1, -0.05) is 6.08 Å². The van der Waals surface area contributed by atoms with E-state index in [0.29, 0.717) is 31.2 Å². The monoisotopic (exact) mass is 390 g/mol. The first-order chi connectivity index (χ1) is 13.5. The third-order valence-electron chi connectivity index (χ3n) is 4.24. The van der Waals surface area contributed by atoms with Gasteiger partial charge in [0.25, 0.3) is 0 Å². The van der Waals surface area contributed by atoms with Gasteiger partial charge < -0.3 is 18.9 Å². The van der Waals surface area contributed by atoms with E-state index in [4.69, 9.17) is 18.9 Å². The van der Waals surface area contributed by atoms with Crippen molar-refractivity contribution in [1.29, 1.82) is 0 Å². The van der Waals surface area contributed by atoms with Gasteiger partial charge in [0.1, 0.15) is 31.2 Å². The number of nitrogens with zero attached hydrogens (tertiary/aromatic N) is 2. The number of Topliss-reactive ketones (excluding diaryl/α,β-unsaturated/α-hetero) is 1. The molecule has 0 saturated carbocycles. The number of hydrogen-bond donors (Lipinski definition) is 0. The largest absolute Gasteiger partial charge is 0.490 e. The molecule has 3 rings (SSSR count). The zero-order valence-corrected chi connectivity index (χ0v) is 15.8. The molecule has 28 heavy (non-hydrogen) atoms. The molecule has 0 saturated heterocycles. The normalized spacial score (nSPS) is 18.0. The summed E-state index contributed by atoms with van der Waals surface area (Å²) in [5, 5.41) is 4.09. The van der Waals surface area contributed by atoms with Crippen molar-refractivity contribution < 1.29 is 33.3 Å². The second-order valence-electron chi connectivity index (χ2n) is 6.10. The fraction of sp³-hybridized carbons (Fsp3) is 0.474. The van der Waals surface area contributed by atoms with E-state index < -0.39 is 17.9 Å². The molecular formula is C19H22N2O7. The van der Waals surface area contributed by atoms with Crippen LogP contribution in [0.25, 0.3) is 0 Å². The number of hydrogen-bond acceptors (Lipinski definition) is 8. The first-order valence-corrected chi connectivity index (χ1v) is 9.16. The standard InChI is InChI=1S/C19H22N2O7/c1-3-25-18(23)13-10-14(19(24)26-4-2)21(20-13)11-15(22)12-6-5-7-16-17(12)28-9-8-27-16/h5,7,10,12H,3-4,6,8-9,11H2,1-2H3. The third kappa shape index (κ3) is 4.08. The summed E-state index contributed by atoms with van der Waals surface area (Å²) in [6.45, 7) is 4.24. The number of rotatable bonds is 7. The lowest BCUT2D eigenvalue weighted by Crippen LogP contribution is -2.30. The first kappa shape index (κ1) is 19.7. The maximum absolute atomic E-state index is 12.9. The Morgan fingerprint density at radius 1 is 1.14 bits per heavy atom. The molecule has 1 aliphatic carbocycles. The molecule has 0 radical (unpaired) electrons. The van der Waals surface area contributed by atoms with E-state index >= 15 is 0 Å². The molecular weight excluding hydrogens is 368 g/mol. The predicted octanol–water partition coefficient (Wildman–Crippen LogP) is 1.64. The molecule has 150 valence electrons. The van der Waals surface area contributed by atoms with Gasteiger partial charge in [0.2, 0.25) is 0 Å². The molecule has 2 aliphatic rings. The van der Waals surface area contributed by atoms with Gasteiger partial charge in [-0.2, -0.15) is 5.10 Å². The Hall–Kier alpha value is -3.10. The maximum Gasteiger partial charge on any atom is 0.358 e. The Labute approximate surface area is 161 Å². The summed E-state index contributed by atoms with van der Waals surface area (Å²) in [7, 11) is 0. The van der Waals surface area contributed by atoms with E-state index in [1.54, 1.807) is 19.9 Å². The van der Waals surface area contributed by atoms with Crippen molar-refractivity contribution in [2.24, 2.45) is 5.92 Å². The van der Waals surface area contributed by atoms with Crippen LogP contribution in [-0.2, 0) is 30.3 Å². The highest BCUT2D eigenvalue weighted by Crippen LogP contribution is 2.30. The van der Waals surface area contributed by atoms with Crippen LogP contribution >= 0.6 is 0 Å². The summed E-state index contributed by atoms with van der Waals surface area (Å²) in [5.74, 6) is -1.05. The number of aromatic nitrogens is 2. The topological polar surface area (TPSA) is 106 Å². The minimum atomic E-state index is -0.672. The van der Waals surface area contributed by atoms with Gasteiger partial charge in [0.05, 0.1) is 19.1 Å². The van der Waals surface area contributed by atoms with Crippen molar-refractivity contribution >= 4 is 17.7 Å². The highest BCUT2D eigenvalue weighted by molar-refractivity contribution is 5.94. The van der Waals surface area contributed by atoms with Crippen molar-refractivity contribution in [3.63, 3.8) is 0 Å².